The Bertz CT molecular complexity index is 441. The predicted molar refractivity (Wildman–Crippen MR) is 76.4 cm³/mol. The van der Waals surface area contributed by atoms with Crippen LogP contribution >= 0.6 is 0 Å². The van der Waals surface area contributed by atoms with Gasteiger partial charge in [0.25, 0.3) is 5.91 Å². The first-order chi connectivity index (χ1) is 8.93. The maximum Gasteiger partial charge on any atom is 0.319 e. The maximum atomic E-state index is 11.9. The predicted octanol–water partition coefficient (Wildman–Crippen LogP) is 2.31. The van der Waals surface area contributed by atoms with Gasteiger partial charge in [0.2, 0.25) is 0 Å². The molecule has 0 spiro atoms. The third-order valence-electron chi connectivity index (χ3n) is 2.63. The molecule has 5 heteroatoms. The summed E-state index contributed by atoms with van der Waals surface area (Å²) in [5.74, 6) is -0.0271. The molecule has 0 atom stereocenters. The second-order valence-electron chi connectivity index (χ2n) is 4.65. The first-order valence-corrected chi connectivity index (χ1v) is 6.37. The maximum absolute atomic E-state index is 11.9. The van der Waals surface area contributed by atoms with Crippen molar-refractivity contribution in [2.75, 3.05) is 18.9 Å². The van der Waals surface area contributed by atoms with Crippen LogP contribution in [0.4, 0.5) is 10.5 Å². The number of urea groups is 1. The third kappa shape index (κ3) is 4.62. The fourth-order valence-corrected chi connectivity index (χ4v) is 1.49. The average Bonchev–Trinajstić information content (AvgIpc) is 2.36. The SMILES string of the molecule is CCN(C)C(=O)c1ccc(NC(=O)NC(C)C)cc1. The van der Waals surface area contributed by atoms with E-state index >= 15 is 0 Å². The Kier molecular flexibility index (Phi) is 5.36. The standard InChI is InChI=1S/C14H21N3O2/c1-5-17(4)13(18)11-6-8-12(9-7-11)16-14(19)15-10(2)3/h6-10H,5H2,1-4H3,(H2,15,16,19). The molecular weight excluding hydrogens is 242 g/mol. The van der Waals surface area contributed by atoms with Crippen molar-refractivity contribution in [3.8, 4) is 0 Å². The third-order valence-corrected chi connectivity index (χ3v) is 2.63. The molecule has 0 aliphatic carbocycles. The zero-order valence-electron chi connectivity index (χ0n) is 11.9. The molecule has 0 radical (unpaired) electrons. The summed E-state index contributed by atoms with van der Waals surface area (Å²) in [4.78, 5) is 25.0. The van der Waals surface area contributed by atoms with Crippen LogP contribution in [-0.4, -0.2) is 36.5 Å². The molecule has 0 heterocycles. The lowest BCUT2D eigenvalue weighted by molar-refractivity contribution is 0.0802. The molecule has 0 unspecified atom stereocenters. The van der Waals surface area contributed by atoms with Crippen molar-refractivity contribution in [2.45, 2.75) is 26.8 Å². The van der Waals surface area contributed by atoms with Crippen LogP contribution in [0.2, 0.25) is 0 Å². The molecule has 0 bridgehead atoms. The molecule has 1 rings (SSSR count). The highest BCUT2D eigenvalue weighted by Gasteiger charge is 2.10. The number of carbonyl (C=O) groups excluding carboxylic acids is 2. The van der Waals surface area contributed by atoms with E-state index in [1.54, 1.807) is 36.2 Å². The minimum Gasteiger partial charge on any atom is -0.342 e. The molecule has 0 fully saturated rings. The van der Waals surface area contributed by atoms with Crippen molar-refractivity contribution in [1.29, 1.82) is 0 Å². The largest absolute Gasteiger partial charge is 0.342 e. The molecule has 19 heavy (non-hydrogen) atoms. The number of anilines is 1. The Labute approximate surface area is 114 Å². The highest BCUT2D eigenvalue weighted by atomic mass is 16.2. The Morgan fingerprint density at radius 3 is 2.26 bits per heavy atom. The number of amides is 3. The van der Waals surface area contributed by atoms with Gasteiger partial charge in [-0.25, -0.2) is 4.79 Å². The number of nitrogens with one attached hydrogen (secondary N) is 2. The van der Waals surface area contributed by atoms with Gasteiger partial charge in [0.1, 0.15) is 0 Å². The van der Waals surface area contributed by atoms with Crippen LogP contribution in [0.15, 0.2) is 24.3 Å². The van der Waals surface area contributed by atoms with Gasteiger partial charge in [0.05, 0.1) is 0 Å². The topological polar surface area (TPSA) is 61.4 Å². The quantitative estimate of drug-likeness (QED) is 0.875. The number of benzene rings is 1. The summed E-state index contributed by atoms with van der Waals surface area (Å²) >= 11 is 0. The van der Waals surface area contributed by atoms with Crippen molar-refractivity contribution < 1.29 is 9.59 Å². The minimum atomic E-state index is -0.250. The molecule has 0 aliphatic heterocycles. The molecular formula is C14H21N3O2. The van der Waals surface area contributed by atoms with E-state index in [2.05, 4.69) is 10.6 Å². The number of hydrogen-bond acceptors (Lipinski definition) is 2. The monoisotopic (exact) mass is 263 g/mol. The average molecular weight is 263 g/mol. The second kappa shape index (κ2) is 6.78. The van der Waals surface area contributed by atoms with Crippen molar-refractivity contribution in [2.24, 2.45) is 0 Å². The zero-order chi connectivity index (χ0) is 14.4. The lowest BCUT2D eigenvalue weighted by Gasteiger charge is -2.15. The molecule has 0 aromatic heterocycles. The number of carbonyl (C=O) groups is 2. The lowest BCUT2D eigenvalue weighted by Crippen LogP contribution is -2.34. The van der Waals surface area contributed by atoms with Gasteiger partial charge >= 0.3 is 6.03 Å². The van der Waals surface area contributed by atoms with Crippen LogP contribution in [0.5, 0.6) is 0 Å². The second-order valence-corrected chi connectivity index (χ2v) is 4.65. The van der Waals surface area contributed by atoms with Crippen LogP contribution in [0.25, 0.3) is 0 Å². The van der Waals surface area contributed by atoms with Gasteiger partial charge in [-0.1, -0.05) is 0 Å². The molecule has 1 aromatic carbocycles. The van der Waals surface area contributed by atoms with Gasteiger partial charge in [0.15, 0.2) is 0 Å². The van der Waals surface area contributed by atoms with Crippen molar-refractivity contribution in [1.82, 2.24) is 10.2 Å². The highest BCUT2D eigenvalue weighted by Crippen LogP contribution is 2.11. The number of hydrogen-bond donors (Lipinski definition) is 2. The Balaban J connectivity index is 2.66. The Morgan fingerprint density at radius 1 is 1.21 bits per heavy atom. The molecule has 1 aromatic rings. The lowest BCUT2D eigenvalue weighted by atomic mass is 10.2. The van der Waals surface area contributed by atoms with Gasteiger partial charge in [-0.15, -0.1) is 0 Å². The normalized spacial score (nSPS) is 10.2. The molecule has 5 nitrogen and oxygen atoms in total. The fourth-order valence-electron chi connectivity index (χ4n) is 1.49. The van der Waals surface area contributed by atoms with E-state index in [4.69, 9.17) is 0 Å². The summed E-state index contributed by atoms with van der Waals surface area (Å²) < 4.78 is 0. The van der Waals surface area contributed by atoms with E-state index in [9.17, 15) is 9.59 Å². The molecule has 104 valence electrons. The van der Waals surface area contributed by atoms with Crippen LogP contribution in [0.1, 0.15) is 31.1 Å². The van der Waals surface area contributed by atoms with Crippen LogP contribution in [0.3, 0.4) is 0 Å². The molecule has 2 N–H and O–H groups in total. The summed E-state index contributed by atoms with van der Waals surface area (Å²) in [6.45, 7) is 6.36. The smallest absolute Gasteiger partial charge is 0.319 e. The number of rotatable bonds is 4. The van der Waals surface area contributed by atoms with E-state index in [1.165, 1.54) is 0 Å². The molecule has 3 amide bonds. The van der Waals surface area contributed by atoms with E-state index < -0.39 is 0 Å². The van der Waals surface area contributed by atoms with Crippen molar-refractivity contribution >= 4 is 17.6 Å². The summed E-state index contributed by atoms with van der Waals surface area (Å²) in [6.07, 6.45) is 0. The summed E-state index contributed by atoms with van der Waals surface area (Å²) in [6, 6.07) is 6.69. The first kappa shape index (κ1) is 15.0. The van der Waals surface area contributed by atoms with Gasteiger partial charge in [-0.05, 0) is 45.0 Å². The van der Waals surface area contributed by atoms with Gasteiger partial charge in [-0.2, -0.15) is 0 Å². The number of nitrogens with zero attached hydrogens (tertiary/aromatic N) is 1. The fraction of sp³-hybridized carbons (Fsp3) is 0.429. The first-order valence-electron chi connectivity index (χ1n) is 6.37. The van der Waals surface area contributed by atoms with Crippen LogP contribution in [-0.2, 0) is 0 Å². The van der Waals surface area contributed by atoms with Crippen LogP contribution in [0, 0.1) is 0 Å². The van der Waals surface area contributed by atoms with E-state index in [-0.39, 0.29) is 18.0 Å². The van der Waals surface area contributed by atoms with Gasteiger partial charge < -0.3 is 15.5 Å². The zero-order valence-corrected chi connectivity index (χ0v) is 11.9. The molecule has 0 saturated heterocycles. The minimum absolute atomic E-state index is 0.0271. The molecule has 0 aliphatic rings. The van der Waals surface area contributed by atoms with Crippen LogP contribution < -0.4 is 10.6 Å². The summed E-state index contributed by atoms with van der Waals surface area (Å²) in [5, 5.41) is 5.44. The summed E-state index contributed by atoms with van der Waals surface area (Å²) in [7, 11) is 1.75. The summed E-state index contributed by atoms with van der Waals surface area (Å²) in [5.41, 5.74) is 1.27. The van der Waals surface area contributed by atoms with E-state index in [0.717, 1.165) is 0 Å². The van der Waals surface area contributed by atoms with Gasteiger partial charge in [0, 0.05) is 30.9 Å². The van der Waals surface area contributed by atoms with Crippen molar-refractivity contribution in [3.63, 3.8) is 0 Å². The Morgan fingerprint density at radius 2 is 1.79 bits per heavy atom. The highest BCUT2D eigenvalue weighted by molar-refractivity contribution is 5.95. The molecule has 0 saturated carbocycles. The van der Waals surface area contributed by atoms with Crippen molar-refractivity contribution in [3.05, 3.63) is 29.8 Å². The van der Waals surface area contributed by atoms with Gasteiger partial charge in [-0.3, -0.25) is 4.79 Å². The van der Waals surface area contributed by atoms with E-state index in [1.807, 2.05) is 20.8 Å². The Hall–Kier alpha value is -2.04. The van der Waals surface area contributed by atoms with E-state index in [0.29, 0.717) is 17.8 Å².